The van der Waals surface area contributed by atoms with Crippen LogP contribution in [0, 0.1) is 0 Å². The maximum Gasteiger partial charge on any atom is 0.326 e. The van der Waals surface area contributed by atoms with E-state index in [1.807, 2.05) is 13.8 Å². The first-order valence-corrected chi connectivity index (χ1v) is 5.96. The molecular weight excluding hydrogens is 224 g/mol. The number of carbonyl (C=O) groups is 2. The minimum absolute atomic E-state index is 0.0183. The largest absolute Gasteiger partial charge is 0.480 e. The molecule has 0 aromatic heterocycles. The van der Waals surface area contributed by atoms with Crippen molar-refractivity contribution in [3.8, 4) is 0 Å². The zero-order valence-corrected chi connectivity index (χ0v) is 10.2. The summed E-state index contributed by atoms with van der Waals surface area (Å²) in [6.07, 6.45) is 1.88. The van der Waals surface area contributed by atoms with E-state index >= 15 is 0 Å². The molecule has 0 radical (unpaired) electrons. The number of ether oxygens (including phenoxy) is 1. The van der Waals surface area contributed by atoms with Crippen LogP contribution >= 0.6 is 0 Å². The van der Waals surface area contributed by atoms with Gasteiger partial charge in [-0.25, -0.2) is 9.59 Å². The van der Waals surface area contributed by atoms with Crippen molar-refractivity contribution in [1.29, 1.82) is 0 Å². The molecule has 6 heteroatoms. The van der Waals surface area contributed by atoms with Gasteiger partial charge in [-0.1, -0.05) is 13.3 Å². The Labute approximate surface area is 101 Å². The molecule has 3 N–H and O–H groups in total. The van der Waals surface area contributed by atoms with Gasteiger partial charge in [-0.15, -0.1) is 0 Å². The van der Waals surface area contributed by atoms with Gasteiger partial charge in [-0.3, -0.25) is 0 Å². The molecule has 1 heterocycles. The predicted molar refractivity (Wildman–Crippen MR) is 61.8 cm³/mol. The second kappa shape index (κ2) is 6.44. The number of urea groups is 1. The van der Waals surface area contributed by atoms with Crippen LogP contribution in [0.2, 0.25) is 0 Å². The van der Waals surface area contributed by atoms with Crippen LogP contribution in [0.5, 0.6) is 0 Å². The van der Waals surface area contributed by atoms with E-state index < -0.39 is 18.0 Å². The molecule has 98 valence electrons. The van der Waals surface area contributed by atoms with Crippen molar-refractivity contribution < 1.29 is 19.4 Å². The van der Waals surface area contributed by atoms with Crippen molar-refractivity contribution >= 4 is 12.0 Å². The molecule has 0 aromatic rings. The van der Waals surface area contributed by atoms with E-state index in [-0.39, 0.29) is 12.1 Å². The van der Waals surface area contributed by atoms with Crippen LogP contribution < -0.4 is 10.6 Å². The zero-order valence-electron chi connectivity index (χ0n) is 10.2. The Morgan fingerprint density at radius 1 is 1.53 bits per heavy atom. The molecule has 1 aliphatic heterocycles. The lowest BCUT2D eigenvalue weighted by Crippen LogP contribution is -2.50. The number of nitrogens with one attached hydrogen (secondary N) is 2. The fourth-order valence-corrected chi connectivity index (χ4v) is 1.84. The SMILES string of the molecule is CCCC(NC(=O)NC1CCOC1C)C(=O)O. The molecule has 1 fully saturated rings. The van der Waals surface area contributed by atoms with Crippen LogP contribution in [0.3, 0.4) is 0 Å². The van der Waals surface area contributed by atoms with Gasteiger partial charge >= 0.3 is 12.0 Å². The van der Waals surface area contributed by atoms with Crippen molar-refractivity contribution in [1.82, 2.24) is 10.6 Å². The van der Waals surface area contributed by atoms with Crippen molar-refractivity contribution in [2.45, 2.75) is 51.3 Å². The second-order valence-corrected chi connectivity index (χ2v) is 4.27. The maximum atomic E-state index is 11.6. The topological polar surface area (TPSA) is 87.7 Å². The molecule has 0 aliphatic carbocycles. The molecule has 0 bridgehead atoms. The van der Waals surface area contributed by atoms with Crippen LogP contribution in [0.1, 0.15) is 33.1 Å². The fraction of sp³-hybridized carbons (Fsp3) is 0.818. The van der Waals surface area contributed by atoms with Gasteiger partial charge in [0.2, 0.25) is 0 Å². The summed E-state index contributed by atoms with van der Waals surface area (Å²) < 4.78 is 5.31. The minimum atomic E-state index is -1.00. The van der Waals surface area contributed by atoms with Crippen LogP contribution in [-0.4, -0.2) is 41.9 Å². The van der Waals surface area contributed by atoms with E-state index in [9.17, 15) is 9.59 Å². The number of rotatable bonds is 5. The highest BCUT2D eigenvalue weighted by atomic mass is 16.5. The molecule has 1 rings (SSSR count). The van der Waals surface area contributed by atoms with Gasteiger partial charge in [-0.05, 0) is 19.8 Å². The Balaban J connectivity index is 2.39. The van der Waals surface area contributed by atoms with Gasteiger partial charge in [-0.2, -0.15) is 0 Å². The summed E-state index contributed by atoms with van der Waals surface area (Å²) in [6, 6.07) is -1.29. The summed E-state index contributed by atoms with van der Waals surface area (Å²) in [5.41, 5.74) is 0. The standard InChI is InChI=1S/C11H20N2O4/c1-3-4-9(10(14)15)13-11(16)12-8-5-6-17-7(8)2/h7-9H,3-6H2,1-2H3,(H,14,15)(H2,12,13,16). The van der Waals surface area contributed by atoms with Gasteiger partial charge < -0.3 is 20.5 Å². The van der Waals surface area contributed by atoms with Crippen molar-refractivity contribution in [3.05, 3.63) is 0 Å². The maximum absolute atomic E-state index is 11.6. The Hall–Kier alpha value is -1.30. The highest BCUT2D eigenvalue weighted by Gasteiger charge is 2.27. The number of aliphatic carboxylic acids is 1. The first-order valence-electron chi connectivity index (χ1n) is 5.96. The predicted octanol–water partition coefficient (Wildman–Crippen LogP) is 0.716. The van der Waals surface area contributed by atoms with Crippen molar-refractivity contribution in [3.63, 3.8) is 0 Å². The third-order valence-corrected chi connectivity index (χ3v) is 2.87. The van der Waals surface area contributed by atoms with Gasteiger partial charge in [0.25, 0.3) is 0 Å². The van der Waals surface area contributed by atoms with Crippen molar-refractivity contribution in [2.75, 3.05) is 6.61 Å². The molecule has 0 aromatic carbocycles. The molecule has 2 amide bonds. The highest BCUT2D eigenvalue weighted by molar-refractivity contribution is 5.82. The van der Waals surface area contributed by atoms with E-state index in [0.29, 0.717) is 19.4 Å². The summed E-state index contributed by atoms with van der Waals surface area (Å²) >= 11 is 0. The highest BCUT2D eigenvalue weighted by Crippen LogP contribution is 2.12. The van der Waals surface area contributed by atoms with E-state index in [1.165, 1.54) is 0 Å². The fourth-order valence-electron chi connectivity index (χ4n) is 1.84. The summed E-state index contributed by atoms with van der Waals surface area (Å²) in [7, 11) is 0. The number of hydrogen-bond donors (Lipinski definition) is 3. The van der Waals surface area contributed by atoms with E-state index in [2.05, 4.69) is 10.6 Å². The molecule has 17 heavy (non-hydrogen) atoms. The van der Waals surface area contributed by atoms with Crippen molar-refractivity contribution in [2.24, 2.45) is 0 Å². The third kappa shape index (κ3) is 4.22. The molecule has 3 atom stereocenters. The Bertz CT molecular complexity index is 283. The summed E-state index contributed by atoms with van der Waals surface area (Å²) in [5.74, 6) is -1.00. The molecular formula is C11H20N2O4. The quantitative estimate of drug-likeness (QED) is 0.665. The monoisotopic (exact) mass is 244 g/mol. The summed E-state index contributed by atoms with van der Waals surface area (Å²) in [5, 5.41) is 14.1. The minimum Gasteiger partial charge on any atom is -0.480 e. The van der Waals surface area contributed by atoms with E-state index in [0.717, 1.165) is 6.42 Å². The first-order chi connectivity index (χ1) is 8.04. The van der Waals surface area contributed by atoms with Crippen LogP contribution in [0.25, 0.3) is 0 Å². The van der Waals surface area contributed by atoms with Gasteiger partial charge in [0.05, 0.1) is 12.1 Å². The van der Waals surface area contributed by atoms with Gasteiger partial charge in [0.1, 0.15) is 6.04 Å². The summed E-state index contributed by atoms with van der Waals surface area (Å²) in [4.78, 5) is 22.5. The number of carboxylic acids is 1. The molecule has 1 saturated heterocycles. The van der Waals surface area contributed by atoms with E-state index in [1.54, 1.807) is 0 Å². The van der Waals surface area contributed by atoms with Crippen LogP contribution in [-0.2, 0) is 9.53 Å². The number of amides is 2. The molecule has 0 spiro atoms. The normalized spacial score (nSPS) is 25.3. The zero-order chi connectivity index (χ0) is 12.8. The summed E-state index contributed by atoms with van der Waals surface area (Å²) in [6.45, 7) is 4.39. The molecule has 3 unspecified atom stereocenters. The lowest BCUT2D eigenvalue weighted by Gasteiger charge is -2.19. The van der Waals surface area contributed by atoms with Gasteiger partial charge in [0.15, 0.2) is 0 Å². The average Bonchev–Trinajstić information content (AvgIpc) is 2.63. The van der Waals surface area contributed by atoms with Crippen LogP contribution in [0.4, 0.5) is 4.79 Å². The van der Waals surface area contributed by atoms with Gasteiger partial charge in [0, 0.05) is 6.61 Å². The Morgan fingerprint density at radius 2 is 2.24 bits per heavy atom. The van der Waals surface area contributed by atoms with Crippen LogP contribution in [0.15, 0.2) is 0 Å². The number of hydrogen-bond acceptors (Lipinski definition) is 3. The molecule has 6 nitrogen and oxygen atoms in total. The number of carboxylic acid groups (broad SMARTS) is 1. The number of carbonyl (C=O) groups excluding carboxylic acids is 1. The smallest absolute Gasteiger partial charge is 0.326 e. The average molecular weight is 244 g/mol. The van der Waals surface area contributed by atoms with E-state index in [4.69, 9.17) is 9.84 Å². The lowest BCUT2D eigenvalue weighted by molar-refractivity contribution is -0.139. The Kier molecular flexibility index (Phi) is 5.21. The molecule has 1 aliphatic rings. The first kappa shape index (κ1) is 13.8. The third-order valence-electron chi connectivity index (χ3n) is 2.87. The lowest BCUT2D eigenvalue weighted by atomic mass is 10.1. The second-order valence-electron chi connectivity index (χ2n) is 4.27. The molecule has 0 saturated carbocycles. The Morgan fingerprint density at radius 3 is 2.71 bits per heavy atom.